The summed E-state index contributed by atoms with van der Waals surface area (Å²) < 4.78 is 45.5. The van der Waals surface area contributed by atoms with Crippen molar-refractivity contribution in [2.24, 2.45) is 0 Å². The van der Waals surface area contributed by atoms with E-state index in [2.05, 4.69) is 0 Å². The van der Waals surface area contributed by atoms with Gasteiger partial charge in [-0.25, -0.2) is 4.79 Å². The summed E-state index contributed by atoms with van der Waals surface area (Å²) in [5.74, 6) is -2.11. The molecule has 0 aliphatic carbocycles. The Bertz CT molecular complexity index is 1920. The van der Waals surface area contributed by atoms with Gasteiger partial charge in [0.05, 0.1) is 26.4 Å². The second kappa shape index (κ2) is 17.4. The molecule has 3 aliphatic heterocycles. The van der Waals surface area contributed by atoms with Crippen LogP contribution in [0.2, 0.25) is 0 Å². The molecule has 2 fully saturated rings. The molecule has 57 heavy (non-hydrogen) atoms. The van der Waals surface area contributed by atoms with Crippen molar-refractivity contribution in [3.05, 3.63) is 77.1 Å². The highest BCUT2D eigenvalue weighted by atomic mass is 16.7. The van der Waals surface area contributed by atoms with Crippen LogP contribution in [0.5, 0.6) is 40.2 Å². The molecule has 19 heteroatoms. The maximum atomic E-state index is 12.5. The van der Waals surface area contributed by atoms with E-state index in [4.69, 9.17) is 37.9 Å². The van der Waals surface area contributed by atoms with Crippen molar-refractivity contribution in [2.75, 3.05) is 27.4 Å². The van der Waals surface area contributed by atoms with Crippen molar-refractivity contribution in [1.82, 2.24) is 0 Å². The third-order valence-corrected chi connectivity index (χ3v) is 9.39. The van der Waals surface area contributed by atoms with E-state index in [0.29, 0.717) is 5.56 Å². The zero-order chi connectivity index (χ0) is 41.1. The van der Waals surface area contributed by atoms with E-state index in [9.17, 15) is 55.9 Å². The first-order chi connectivity index (χ1) is 27.2. The predicted molar refractivity (Wildman–Crippen MR) is 191 cm³/mol. The number of hydrogen-bond acceptors (Lipinski definition) is 19. The Morgan fingerprint density at radius 3 is 1.93 bits per heavy atom. The second-order valence-electron chi connectivity index (χ2n) is 13.2. The van der Waals surface area contributed by atoms with Gasteiger partial charge in [-0.15, -0.1) is 0 Å². The first kappa shape index (κ1) is 41.3. The summed E-state index contributed by atoms with van der Waals surface area (Å²) in [6.07, 6.45) is -14.6. The minimum atomic E-state index is -1.90. The Kier molecular flexibility index (Phi) is 12.6. The van der Waals surface area contributed by atoms with E-state index in [1.807, 2.05) is 0 Å². The van der Waals surface area contributed by atoms with Crippen molar-refractivity contribution in [3.8, 4) is 40.2 Å². The van der Waals surface area contributed by atoms with Gasteiger partial charge < -0.3 is 89.0 Å². The van der Waals surface area contributed by atoms with Crippen LogP contribution in [-0.4, -0.2) is 146 Å². The van der Waals surface area contributed by atoms with Gasteiger partial charge >= 0.3 is 5.97 Å². The zero-order valence-electron chi connectivity index (χ0n) is 30.3. The smallest absolute Gasteiger partial charge is 0.330 e. The van der Waals surface area contributed by atoms with Gasteiger partial charge in [0.15, 0.2) is 17.6 Å². The molecule has 0 saturated carbocycles. The van der Waals surface area contributed by atoms with Crippen LogP contribution in [0.1, 0.15) is 22.8 Å². The van der Waals surface area contributed by atoms with E-state index < -0.39 is 92.4 Å². The van der Waals surface area contributed by atoms with E-state index >= 15 is 0 Å². The second-order valence-corrected chi connectivity index (χ2v) is 13.2. The summed E-state index contributed by atoms with van der Waals surface area (Å²) in [5, 5.41) is 104. The number of rotatable bonds is 12. The first-order valence-electron chi connectivity index (χ1n) is 17.4. The van der Waals surface area contributed by atoms with Gasteiger partial charge in [0.1, 0.15) is 84.2 Å². The maximum absolute atomic E-state index is 12.5. The first-order valence-corrected chi connectivity index (χ1v) is 17.4. The number of aliphatic hydroxyl groups excluding tert-OH is 7. The molecule has 0 spiro atoms. The number of phenols is 3. The van der Waals surface area contributed by atoms with Crippen LogP contribution in [0.4, 0.5) is 0 Å². The molecule has 10 N–H and O–H groups in total. The van der Waals surface area contributed by atoms with Crippen molar-refractivity contribution in [1.29, 1.82) is 0 Å². The number of phenolic OH excluding ortho intramolecular Hbond substituents is 3. The fourth-order valence-electron chi connectivity index (χ4n) is 6.26. The third-order valence-electron chi connectivity index (χ3n) is 9.39. The predicted octanol–water partition coefficient (Wildman–Crippen LogP) is -0.445. The standard InChI is InChI=1S/C38H42O19/c1-50-23-9-17(10-24(51-2)29(23)43)36-25(13-20-21(53-36)11-19(41)12-22(20)54-37-34(48)32(46)30(44)26(14-39)56-37)55-38-35(49)33(47)31(45)27(57-38)15-52-28(42)8-5-16-3-6-18(40)7-4-16/h3-13,26-27,30-41,43-49H,14-15H2,1-2H3/b8-5-/t26-,27+,30+,31+,32-,33+,34+,35+,36?,37+,38+/m0/s1. The molecule has 3 heterocycles. The highest BCUT2D eigenvalue weighted by Gasteiger charge is 2.48. The lowest BCUT2D eigenvalue weighted by molar-refractivity contribution is -0.294. The normalized spacial score (nSPS) is 29.8. The molecule has 3 aromatic rings. The third kappa shape index (κ3) is 8.81. The van der Waals surface area contributed by atoms with Crippen molar-refractivity contribution in [2.45, 2.75) is 67.5 Å². The Morgan fingerprint density at radius 1 is 0.719 bits per heavy atom. The Morgan fingerprint density at radius 2 is 1.32 bits per heavy atom. The van der Waals surface area contributed by atoms with E-state index in [0.717, 1.165) is 12.1 Å². The number of esters is 1. The molecule has 19 nitrogen and oxygen atoms in total. The molecule has 2 saturated heterocycles. The highest BCUT2D eigenvalue weighted by Crippen LogP contribution is 2.48. The molecule has 0 radical (unpaired) electrons. The Balaban J connectivity index is 1.32. The van der Waals surface area contributed by atoms with Gasteiger partial charge in [0.25, 0.3) is 0 Å². The number of carbonyl (C=O) groups excluding carboxylic acids is 1. The molecular formula is C38H42O19. The minimum absolute atomic E-state index is 0.0328. The van der Waals surface area contributed by atoms with Crippen LogP contribution < -0.4 is 18.9 Å². The van der Waals surface area contributed by atoms with Crippen molar-refractivity contribution in [3.63, 3.8) is 0 Å². The number of methoxy groups -OCH3 is 2. The van der Waals surface area contributed by atoms with Crippen LogP contribution in [0.25, 0.3) is 12.2 Å². The molecule has 0 aromatic heterocycles. The number of fused-ring (bicyclic) bond motifs is 1. The Hall–Kier alpha value is -5.35. The number of ether oxygens (including phenoxy) is 8. The van der Waals surface area contributed by atoms with E-state index in [1.54, 1.807) is 12.1 Å². The van der Waals surface area contributed by atoms with Crippen molar-refractivity contribution >= 4 is 18.1 Å². The van der Waals surface area contributed by atoms with Gasteiger partial charge in [0, 0.05) is 23.8 Å². The number of aromatic hydroxyl groups is 3. The molecular weight excluding hydrogens is 760 g/mol. The van der Waals surface area contributed by atoms with E-state index in [1.165, 1.54) is 56.7 Å². The summed E-state index contributed by atoms with van der Waals surface area (Å²) >= 11 is 0. The zero-order valence-corrected chi connectivity index (χ0v) is 30.3. The summed E-state index contributed by atoms with van der Waals surface area (Å²) in [7, 11) is 2.58. The van der Waals surface area contributed by atoms with Gasteiger partial charge in [-0.3, -0.25) is 0 Å². The lowest BCUT2D eigenvalue weighted by Crippen LogP contribution is -2.60. The molecule has 3 aromatic carbocycles. The Labute approximate surface area is 323 Å². The van der Waals surface area contributed by atoms with Crippen molar-refractivity contribution < 1.29 is 93.8 Å². The van der Waals surface area contributed by atoms with Crippen LogP contribution in [0.3, 0.4) is 0 Å². The fraction of sp³-hybridized carbons (Fsp3) is 0.395. The van der Waals surface area contributed by atoms with Gasteiger partial charge in [0.2, 0.25) is 18.3 Å². The quantitative estimate of drug-likeness (QED) is 0.0820. The largest absolute Gasteiger partial charge is 0.508 e. The summed E-state index contributed by atoms with van der Waals surface area (Å²) in [6.45, 7) is -1.35. The van der Waals surface area contributed by atoms with Gasteiger partial charge in [-0.05, 0) is 42.0 Å². The average molecular weight is 803 g/mol. The summed E-state index contributed by atoms with van der Waals surface area (Å²) in [5.41, 5.74) is 0.825. The summed E-state index contributed by atoms with van der Waals surface area (Å²) in [4.78, 5) is 12.5. The van der Waals surface area contributed by atoms with Gasteiger partial charge in [-0.2, -0.15) is 0 Å². The molecule has 6 rings (SSSR count). The number of benzene rings is 3. The SMILES string of the molecule is COc1cc(C2Oc3cc(O)cc(O[C@@H]4O[C@@H](CO)[C@@H](O)[C@H](O)[C@H]4O)c3C=C2O[C@@H]2O[C@H](COC(=O)/C=C\c3ccc(O)cc3)[C@@H](O)[C@@H](O)[C@H]2O)cc(OC)c1O. The fourth-order valence-corrected chi connectivity index (χ4v) is 6.26. The monoisotopic (exact) mass is 802 g/mol. The maximum Gasteiger partial charge on any atom is 0.330 e. The molecule has 1 unspecified atom stereocenters. The van der Waals surface area contributed by atoms with Crippen LogP contribution in [0, 0.1) is 0 Å². The molecule has 3 aliphatic rings. The van der Waals surface area contributed by atoms with Crippen LogP contribution in [0.15, 0.2) is 60.4 Å². The minimum Gasteiger partial charge on any atom is -0.508 e. The number of carbonyl (C=O) groups is 1. The van der Waals surface area contributed by atoms with Crippen LogP contribution in [-0.2, 0) is 23.7 Å². The van der Waals surface area contributed by atoms with Crippen LogP contribution >= 0.6 is 0 Å². The number of aliphatic hydroxyl groups is 7. The number of hydrogen-bond donors (Lipinski definition) is 10. The lowest BCUT2D eigenvalue weighted by Gasteiger charge is -2.41. The molecule has 308 valence electrons. The average Bonchev–Trinajstić information content (AvgIpc) is 3.20. The molecule has 0 amide bonds. The lowest BCUT2D eigenvalue weighted by atomic mass is 9.98. The van der Waals surface area contributed by atoms with E-state index in [-0.39, 0.29) is 51.4 Å². The highest BCUT2D eigenvalue weighted by molar-refractivity contribution is 5.87. The van der Waals surface area contributed by atoms with Gasteiger partial charge in [-0.1, -0.05) is 12.1 Å². The molecule has 11 atom stereocenters. The topological polar surface area (TPSA) is 293 Å². The molecule has 0 bridgehead atoms. The summed E-state index contributed by atoms with van der Waals surface area (Å²) in [6, 6.07) is 11.0.